The first-order valence-electron chi connectivity index (χ1n) is 14.6. The molecule has 4 aromatic carbocycles. The zero-order valence-electron chi connectivity index (χ0n) is 25.1. The summed E-state index contributed by atoms with van der Waals surface area (Å²) < 4.78 is 6.23. The Kier molecular flexibility index (Phi) is 8.66. The second-order valence-corrected chi connectivity index (χ2v) is 10.9. The number of aryl methyl sites for hydroxylation is 3. The number of hydrogen-bond donors (Lipinski definition) is 0. The summed E-state index contributed by atoms with van der Waals surface area (Å²) in [5.74, 6) is 0. The average molecular weight is 760 g/mol. The van der Waals surface area contributed by atoms with Crippen LogP contribution in [0.4, 0.5) is 0 Å². The summed E-state index contributed by atoms with van der Waals surface area (Å²) in [4.78, 5) is 13.7. The number of aromatic nitrogens is 3. The molecule has 0 unspecified atom stereocenters. The molecule has 0 bridgehead atoms. The Balaban J connectivity index is 0.000000231. The summed E-state index contributed by atoms with van der Waals surface area (Å²) in [6.07, 6.45) is 3.73. The van der Waals surface area contributed by atoms with Gasteiger partial charge in [0.2, 0.25) is 0 Å². The van der Waals surface area contributed by atoms with Crippen molar-refractivity contribution < 1.29 is 24.5 Å². The molecule has 0 spiro atoms. The van der Waals surface area contributed by atoms with Gasteiger partial charge in [-0.25, -0.2) is 0 Å². The molecule has 4 aromatic heterocycles. The van der Waals surface area contributed by atoms with Crippen LogP contribution in [0.2, 0.25) is 0 Å². The van der Waals surface area contributed by atoms with Crippen LogP contribution in [0.25, 0.3) is 66.5 Å². The zero-order valence-corrected chi connectivity index (χ0v) is 27.5. The van der Waals surface area contributed by atoms with E-state index in [2.05, 4.69) is 78.4 Å². The van der Waals surface area contributed by atoms with Gasteiger partial charge in [-0.1, -0.05) is 53.4 Å². The van der Waals surface area contributed by atoms with Crippen molar-refractivity contribution in [2.24, 2.45) is 0 Å². The normalized spacial score (nSPS) is 10.8. The second-order valence-electron chi connectivity index (χ2n) is 10.9. The zero-order chi connectivity index (χ0) is 30.0. The third-order valence-electron chi connectivity index (χ3n) is 7.81. The summed E-state index contributed by atoms with van der Waals surface area (Å²) in [5, 5.41) is 3.33. The monoisotopic (exact) mass is 760 g/mol. The Bertz CT molecular complexity index is 2220. The Morgan fingerprint density at radius 2 is 1.47 bits per heavy atom. The number of rotatable bonds is 3. The van der Waals surface area contributed by atoms with Crippen LogP contribution in [0.15, 0.2) is 126 Å². The van der Waals surface area contributed by atoms with Crippen molar-refractivity contribution in [2.75, 3.05) is 0 Å². The number of hydrogen-bond acceptors (Lipinski definition) is 4. The molecule has 5 heteroatoms. The van der Waals surface area contributed by atoms with Crippen LogP contribution in [0.1, 0.15) is 16.8 Å². The summed E-state index contributed by atoms with van der Waals surface area (Å²) in [6.45, 7) is 6.27. The molecular formula is C40H29IrN3O-2. The Morgan fingerprint density at radius 3 is 2.29 bits per heavy atom. The van der Waals surface area contributed by atoms with Gasteiger partial charge in [-0.2, -0.15) is 0 Å². The Hall–Kier alpha value is -4.96. The molecule has 4 heterocycles. The van der Waals surface area contributed by atoms with Crippen LogP contribution in [-0.4, -0.2) is 15.0 Å². The van der Waals surface area contributed by atoms with Gasteiger partial charge in [0.25, 0.3) is 0 Å². The van der Waals surface area contributed by atoms with Crippen LogP contribution in [0.5, 0.6) is 0 Å². The average Bonchev–Trinajstić information content (AvgIpc) is 3.45. The molecule has 1 radical (unpaired) electrons. The van der Waals surface area contributed by atoms with E-state index in [9.17, 15) is 0 Å². The van der Waals surface area contributed by atoms with Crippen LogP contribution in [0.3, 0.4) is 0 Å². The maximum absolute atomic E-state index is 6.23. The van der Waals surface area contributed by atoms with Crippen molar-refractivity contribution in [1.82, 2.24) is 15.0 Å². The third kappa shape index (κ3) is 6.06. The van der Waals surface area contributed by atoms with Gasteiger partial charge in [0, 0.05) is 49.0 Å². The van der Waals surface area contributed by atoms with E-state index in [0.717, 1.165) is 72.2 Å². The maximum atomic E-state index is 6.23. The molecule has 8 aromatic rings. The SMILES string of the molecule is Cc1ccc2cc(-c3cc(-c4[c-]ccc5c4oc4ccccc45)ncc3C)c(C)cc2n1.[Ir].[c-]1ccccc1-c1ccccn1. The fourth-order valence-electron chi connectivity index (χ4n) is 5.57. The minimum absolute atomic E-state index is 0. The number of furan rings is 1. The van der Waals surface area contributed by atoms with Gasteiger partial charge in [-0.15, -0.1) is 54.1 Å². The Labute approximate surface area is 276 Å². The topological polar surface area (TPSA) is 51.8 Å². The summed E-state index contributed by atoms with van der Waals surface area (Å²) in [5.41, 5.74) is 12.2. The van der Waals surface area contributed by atoms with Crippen molar-refractivity contribution in [1.29, 1.82) is 0 Å². The molecule has 0 aliphatic rings. The number of nitrogens with zero attached hydrogens (tertiary/aromatic N) is 3. The first-order valence-corrected chi connectivity index (χ1v) is 14.6. The molecule has 0 amide bonds. The van der Waals surface area contributed by atoms with Gasteiger partial charge in [0.15, 0.2) is 0 Å². The van der Waals surface area contributed by atoms with E-state index >= 15 is 0 Å². The molecule has 0 saturated heterocycles. The number of fused-ring (bicyclic) bond motifs is 4. The van der Waals surface area contributed by atoms with E-state index in [1.54, 1.807) is 6.20 Å². The number of pyridine rings is 3. The van der Waals surface area contributed by atoms with E-state index in [0.29, 0.717) is 0 Å². The number of benzene rings is 4. The smallest absolute Gasteiger partial charge is 0.120 e. The molecule has 0 N–H and O–H groups in total. The molecule has 221 valence electrons. The van der Waals surface area contributed by atoms with Crippen molar-refractivity contribution in [3.8, 4) is 33.6 Å². The van der Waals surface area contributed by atoms with Crippen LogP contribution >= 0.6 is 0 Å². The van der Waals surface area contributed by atoms with Crippen molar-refractivity contribution in [3.63, 3.8) is 0 Å². The van der Waals surface area contributed by atoms with Gasteiger partial charge < -0.3 is 14.4 Å². The molecule has 8 rings (SSSR count). The van der Waals surface area contributed by atoms with Gasteiger partial charge >= 0.3 is 0 Å². The minimum atomic E-state index is 0. The van der Waals surface area contributed by atoms with Crippen LogP contribution in [0, 0.1) is 32.9 Å². The maximum Gasteiger partial charge on any atom is 0.120 e. The van der Waals surface area contributed by atoms with Gasteiger partial charge in [0.05, 0.1) is 11.1 Å². The van der Waals surface area contributed by atoms with Crippen molar-refractivity contribution >= 4 is 32.8 Å². The molecule has 0 aliphatic heterocycles. The summed E-state index contributed by atoms with van der Waals surface area (Å²) in [6, 6.07) is 43.1. The second kappa shape index (κ2) is 13.0. The minimum Gasteiger partial charge on any atom is -0.501 e. The van der Waals surface area contributed by atoms with Gasteiger partial charge in [-0.05, 0) is 84.7 Å². The van der Waals surface area contributed by atoms with E-state index in [1.807, 2.05) is 79.9 Å². The molecule has 0 aliphatic carbocycles. The predicted molar refractivity (Wildman–Crippen MR) is 179 cm³/mol. The largest absolute Gasteiger partial charge is 0.501 e. The van der Waals surface area contributed by atoms with Crippen molar-refractivity contribution in [3.05, 3.63) is 151 Å². The van der Waals surface area contributed by atoms with E-state index in [4.69, 9.17) is 9.40 Å². The van der Waals surface area contributed by atoms with Crippen LogP contribution in [-0.2, 0) is 20.1 Å². The molecule has 4 nitrogen and oxygen atoms in total. The first-order chi connectivity index (χ1) is 21.5. The fraction of sp³-hybridized carbons (Fsp3) is 0.0750. The van der Waals surface area contributed by atoms with Gasteiger partial charge in [0.1, 0.15) is 5.58 Å². The predicted octanol–water partition coefficient (Wildman–Crippen LogP) is 10.1. The van der Waals surface area contributed by atoms with Crippen LogP contribution < -0.4 is 0 Å². The first kappa shape index (κ1) is 30.1. The molecular weight excluding hydrogens is 731 g/mol. The Morgan fingerprint density at radius 1 is 0.644 bits per heavy atom. The standard InChI is InChI=1S/C29H21N2O.C11H8N.Ir/c1-17-13-26-20(12-11-19(3)31-26)14-24(17)25-15-27(30-16-18(25)2)23-9-6-8-22-21-7-4-5-10-28(21)32-29(22)23;1-2-6-10(7-3-1)11-8-4-5-9-12-11;/h4-8,10-16H,1-3H3;1-6,8-9H;/q2*-1;. The molecule has 0 atom stereocenters. The molecule has 0 saturated carbocycles. The summed E-state index contributed by atoms with van der Waals surface area (Å²) in [7, 11) is 0. The fourth-order valence-corrected chi connectivity index (χ4v) is 5.57. The van der Waals surface area contributed by atoms with E-state index in [-0.39, 0.29) is 20.1 Å². The molecule has 0 fully saturated rings. The van der Waals surface area contributed by atoms with E-state index in [1.165, 1.54) is 11.1 Å². The van der Waals surface area contributed by atoms with Gasteiger partial charge in [-0.3, -0.25) is 4.98 Å². The third-order valence-corrected chi connectivity index (χ3v) is 7.81. The van der Waals surface area contributed by atoms with E-state index < -0.39 is 0 Å². The molecule has 45 heavy (non-hydrogen) atoms. The van der Waals surface area contributed by atoms with Crippen molar-refractivity contribution in [2.45, 2.75) is 20.8 Å². The summed E-state index contributed by atoms with van der Waals surface area (Å²) >= 11 is 0. The number of para-hydroxylation sites is 1. The quantitative estimate of drug-likeness (QED) is 0.168.